The number of hydrogen-bond acceptors (Lipinski definition) is 4. The number of rotatable bonds is 5. The van der Waals surface area contributed by atoms with Crippen LogP contribution >= 0.6 is 23.2 Å². The summed E-state index contributed by atoms with van der Waals surface area (Å²) >= 11 is 11.9. The Balaban J connectivity index is 2.32. The highest BCUT2D eigenvalue weighted by Gasteiger charge is 2.23. The average molecular weight is 291 g/mol. The Hall–Kier alpha value is -1.01. The molecule has 0 bridgehead atoms. The molecule has 1 atom stereocenters. The second kappa shape index (κ2) is 5.75. The SMILES string of the molecule is COCCn1ncc(Cl)c1C(O)c1ccoc1Cl. The zero-order chi connectivity index (χ0) is 13.1. The first-order valence-corrected chi connectivity index (χ1v) is 6.01. The van der Waals surface area contributed by atoms with Crippen molar-refractivity contribution in [1.82, 2.24) is 9.78 Å². The van der Waals surface area contributed by atoms with Crippen LogP contribution in [-0.4, -0.2) is 28.6 Å². The van der Waals surface area contributed by atoms with E-state index in [0.29, 0.717) is 29.4 Å². The van der Waals surface area contributed by atoms with Crippen LogP contribution in [-0.2, 0) is 11.3 Å². The van der Waals surface area contributed by atoms with Crippen molar-refractivity contribution < 1.29 is 14.3 Å². The molecule has 0 spiro atoms. The lowest BCUT2D eigenvalue weighted by molar-refractivity contribution is 0.171. The molecule has 0 aromatic carbocycles. The van der Waals surface area contributed by atoms with Crippen molar-refractivity contribution in [2.24, 2.45) is 0 Å². The molecule has 7 heteroatoms. The van der Waals surface area contributed by atoms with Crippen LogP contribution in [0.1, 0.15) is 17.4 Å². The van der Waals surface area contributed by atoms with Gasteiger partial charge in [-0.25, -0.2) is 0 Å². The summed E-state index contributed by atoms with van der Waals surface area (Å²) in [4.78, 5) is 0. The number of aliphatic hydroxyl groups excluding tert-OH is 1. The van der Waals surface area contributed by atoms with Crippen molar-refractivity contribution in [3.63, 3.8) is 0 Å². The maximum atomic E-state index is 10.3. The molecule has 0 saturated heterocycles. The molecule has 0 aliphatic carbocycles. The third kappa shape index (κ3) is 2.54. The van der Waals surface area contributed by atoms with Gasteiger partial charge in [0.05, 0.1) is 36.3 Å². The van der Waals surface area contributed by atoms with E-state index in [2.05, 4.69) is 5.10 Å². The van der Waals surface area contributed by atoms with Crippen LogP contribution in [0.25, 0.3) is 0 Å². The van der Waals surface area contributed by atoms with Crippen LogP contribution in [0.15, 0.2) is 22.9 Å². The van der Waals surface area contributed by atoms with Gasteiger partial charge < -0.3 is 14.3 Å². The molecule has 2 aromatic rings. The summed E-state index contributed by atoms with van der Waals surface area (Å²) in [5.74, 6) is 0. The van der Waals surface area contributed by atoms with Crippen molar-refractivity contribution in [2.75, 3.05) is 13.7 Å². The standard InChI is InChI=1S/C11H12Cl2N2O3/c1-17-5-3-15-9(8(12)6-14-15)10(16)7-2-4-18-11(7)13/h2,4,6,10,16H,3,5H2,1H3. The zero-order valence-corrected chi connectivity index (χ0v) is 11.1. The smallest absolute Gasteiger partial charge is 0.199 e. The molecule has 2 aromatic heterocycles. The first kappa shape index (κ1) is 13.4. The van der Waals surface area contributed by atoms with Gasteiger partial charge in [0.25, 0.3) is 0 Å². The molecule has 0 fully saturated rings. The Morgan fingerprint density at radius 2 is 2.33 bits per heavy atom. The minimum Gasteiger partial charge on any atom is -0.453 e. The van der Waals surface area contributed by atoms with E-state index in [-0.39, 0.29) is 5.22 Å². The van der Waals surface area contributed by atoms with Gasteiger partial charge in [0.2, 0.25) is 0 Å². The summed E-state index contributed by atoms with van der Waals surface area (Å²) in [7, 11) is 1.59. The molecule has 2 rings (SSSR count). The number of nitrogens with zero attached hydrogens (tertiary/aromatic N) is 2. The van der Waals surface area contributed by atoms with Gasteiger partial charge in [0, 0.05) is 12.7 Å². The van der Waals surface area contributed by atoms with Crippen LogP contribution in [0, 0.1) is 0 Å². The number of aliphatic hydroxyl groups is 1. The highest BCUT2D eigenvalue weighted by atomic mass is 35.5. The fourth-order valence-electron chi connectivity index (χ4n) is 1.65. The van der Waals surface area contributed by atoms with Gasteiger partial charge in [-0.2, -0.15) is 5.10 Å². The van der Waals surface area contributed by atoms with Gasteiger partial charge in [0.1, 0.15) is 6.10 Å². The first-order valence-electron chi connectivity index (χ1n) is 5.26. The Morgan fingerprint density at radius 3 is 2.94 bits per heavy atom. The molecule has 0 amide bonds. The average Bonchev–Trinajstić information content (AvgIpc) is 2.92. The summed E-state index contributed by atoms with van der Waals surface area (Å²) in [5.41, 5.74) is 0.926. The van der Waals surface area contributed by atoms with E-state index >= 15 is 0 Å². The quantitative estimate of drug-likeness (QED) is 0.919. The summed E-state index contributed by atoms with van der Waals surface area (Å²) in [6, 6.07) is 1.59. The molecule has 0 saturated carbocycles. The van der Waals surface area contributed by atoms with E-state index in [9.17, 15) is 5.11 Å². The molecule has 5 nitrogen and oxygen atoms in total. The Kier molecular flexibility index (Phi) is 4.29. The monoisotopic (exact) mass is 290 g/mol. The van der Waals surface area contributed by atoms with E-state index < -0.39 is 6.10 Å². The number of hydrogen-bond donors (Lipinski definition) is 1. The number of ether oxygens (including phenoxy) is 1. The molecule has 0 aliphatic rings. The number of halogens is 2. The molecule has 1 unspecified atom stereocenters. The molecule has 18 heavy (non-hydrogen) atoms. The topological polar surface area (TPSA) is 60.4 Å². The number of methoxy groups -OCH3 is 1. The number of aromatic nitrogens is 2. The molecule has 98 valence electrons. The lowest BCUT2D eigenvalue weighted by Crippen LogP contribution is -2.13. The molecule has 0 aliphatic heterocycles. The summed E-state index contributed by atoms with van der Waals surface area (Å²) < 4.78 is 11.5. The van der Waals surface area contributed by atoms with Gasteiger partial charge in [-0.05, 0) is 17.7 Å². The minimum absolute atomic E-state index is 0.137. The van der Waals surface area contributed by atoms with Gasteiger partial charge in [-0.15, -0.1) is 0 Å². The molecule has 0 radical (unpaired) electrons. The first-order chi connectivity index (χ1) is 8.65. The predicted octanol–water partition coefficient (Wildman–Crippen LogP) is 2.51. The van der Waals surface area contributed by atoms with Crippen LogP contribution < -0.4 is 0 Å². The molecule has 1 N–H and O–H groups in total. The van der Waals surface area contributed by atoms with E-state index in [1.165, 1.54) is 12.5 Å². The van der Waals surface area contributed by atoms with E-state index in [0.717, 1.165) is 0 Å². The molecule has 2 heterocycles. The van der Waals surface area contributed by atoms with Crippen molar-refractivity contribution in [2.45, 2.75) is 12.6 Å². The fraction of sp³-hybridized carbons (Fsp3) is 0.364. The molecular weight excluding hydrogens is 279 g/mol. The van der Waals surface area contributed by atoms with Crippen LogP contribution in [0.4, 0.5) is 0 Å². The second-order valence-electron chi connectivity index (χ2n) is 3.65. The fourth-order valence-corrected chi connectivity index (χ4v) is 2.11. The third-order valence-electron chi connectivity index (χ3n) is 2.54. The van der Waals surface area contributed by atoms with E-state index in [1.807, 2.05) is 0 Å². The van der Waals surface area contributed by atoms with Gasteiger partial charge >= 0.3 is 0 Å². The summed E-state index contributed by atoms with van der Waals surface area (Å²) in [5, 5.41) is 14.9. The lowest BCUT2D eigenvalue weighted by atomic mass is 10.1. The highest BCUT2D eigenvalue weighted by Crippen LogP contribution is 2.32. The Morgan fingerprint density at radius 1 is 1.56 bits per heavy atom. The largest absolute Gasteiger partial charge is 0.453 e. The highest BCUT2D eigenvalue weighted by molar-refractivity contribution is 6.31. The Bertz CT molecular complexity index is 524. The lowest BCUT2D eigenvalue weighted by Gasteiger charge is -2.13. The molecular formula is C11H12Cl2N2O3. The van der Waals surface area contributed by atoms with Gasteiger partial charge in [-0.1, -0.05) is 11.6 Å². The van der Waals surface area contributed by atoms with Gasteiger partial charge in [0.15, 0.2) is 5.22 Å². The van der Waals surface area contributed by atoms with E-state index in [4.69, 9.17) is 32.4 Å². The predicted molar refractivity (Wildman–Crippen MR) is 66.9 cm³/mol. The summed E-state index contributed by atoms with van der Waals surface area (Å²) in [6.45, 7) is 0.960. The van der Waals surface area contributed by atoms with Gasteiger partial charge in [-0.3, -0.25) is 4.68 Å². The zero-order valence-electron chi connectivity index (χ0n) is 9.64. The minimum atomic E-state index is -0.983. The maximum absolute atomic E-state index is 10.3. The van der Waals surface area contributed by atoms with Crippen LogP contribution in [0.2, 0.25) is 10.2 Å². The van der Waals surface area contributed by atoms with Crippen LogP contribution in [0.5, 0.6) is 0 Å². The maximum Gasteiger partial charge on any atom is 0.199 e. The van der Waals surface area contributed by atoms with E-state index in [1.54, 1.807) is 17.9 Å². The Labute approximate surface area is 114 Å². The number of furan rings is 1. The van der Waals surface area contributed by atoms with Crippen molar-refractivity contribution in [3.05, 3.63) is 40.0 Å². The third-order valence-corrected chi connectivity index (χ3v) is 3.14. The van der Waals surface area contributed by atoms with Crippen molar-refractivity contribution in [3.8, 4) is 0 Å². The normalized spacial score (nSPS) is 12.9. The second-order valence-corrected chi connectivity index (χ2v) is 4.40. The van der Waals surface area contributed by atoms with Crippen molar-refractivity contribution in [1.29, 1.82) is 0 Å². The van der Waals surface area contributed by atoms with Crippen molar-refractivity contribution >= 4 is 23.2 Å². The van der Waals surface area contributed by atoms with Crippen LogP contribution in [0.3, 0.4) is 0 Å². The summed E-state index contributed by atoms with van der Waals surface area (Å²) in [6.07, 6.45) is 1.90.